The summed E-state index contributed by atoms with van der Waals surface area (Å²) in [7, 11) is -3.18. The van der Waals surface area contributed by atoms with E-state index in [1.807, 2.05) is 4.90 Å². The molecule has 0 unspecified atom stereocenters. The summed E-state index contributed by atoms with van der Waals surface area (Å²) in [6, 6.07) is 4.73. The van der Waals surface area contributed by atoms with Gasteiger partial charge < -0.3 is 4.90 Å². The maximum absolute atomic E-state index is 14.1. The zero-order chi connectivity index (χ0) is 15.7. The Morgan fingerprint density at radius 3 is 2.59 bits per heavy atom. The van der Waals surface area contributed by atoms with Gasteiger partial charge >= 0.3 is 0 Å². The lowest BCUT2D eigenvalue weighted by Gasteiger charge is -2.34. The summed E-state index contributed by atoms with van der Waals surface area (Å²) in [6.07, 6.45) is 1.41. The van der Waals surface area contributed by atoms with Gasteiger partial charge in [-0.2, -0.15) is 4.31 Å². The molecule has 0 amide bonds. The van der Waals surface area contributed by atoms with E-state index in [4.69, 9.17) is 0 Å². The Balaban J connectivity index is 1.89. The number of sulfonamides is 1. The average molecular weight is 324 g/mol. The minimum Gasteiger partial charge on any atom is -0.353 e. The SMILES string of the molecule is CCS(=O)(=O)N1CCN(c2ncnc3cccc(F)c23)CC1. The van der Waals surface area contributed by atoms with Crippen molar-refractivity contribution in [1.82, 2.24) is 14.3 Å². The number of benzene rings is 1. The highest BCUT2D eigenvalue weighted by atomic mass is 32.2. The molecular formula is C14H17FN4O2S. The Kier molecular flexibility index (Phi) is 3.96. The van der Waals surface area contributed by atoms with Crippen molar-refractivity contribution in [2.45, 2.75) is 6.92 Å². The van der Waals surface area contributed by atoms with Gasteiger partial charge in [-0.05, 0) is 19.1 Å². The number of piperazine rings is 1. The molecule has 0 radical (unpaired) electrons. The van der Waals surface area contributed by atoms with Gasteiger partial charge in [-0.25, -0.2) is 22.8 Å². The van der Waals surface area contributed by atoms with Crippen LogP contribution in [0.3, 0.4) is 0 Å². The Hall–Kier alpha value is -1.80. The summed E-state index contributed by atoms with van der Waals surface area (Å²) < 4.78 is 39.4. The molecule has 0 atom stereocenters. The number of aromatic nitrogens is 2. The topological polar surface area (TPSA) is 66.4 Å². The fourth-order valence-corrected chi connectivity index (χ4v) is 3.74. The molecule has 3 rings (SSSR count). The quantitative estimate of drug-likeness (QED) is 0.850. The normalized spacial score (nSPS) is 17.1. The van der Waals surface area contributed by atoms with Crippen molar-refractivity contribution in [2.75, 3.05) is 36.8 Å². The molecule has 2 aromatic rings. The van der Waals surface area contributed by atoms with E-state index in [1.54, 1.807) is 19.1 Å². The Labute approximate surface area is 128 Å². The van der Waals surface area contributed by atoms with Crippen LogP contribution in [0.25, 0.3) is 10.9 Å². The van der Waals surface area contributed by atoms with Gasteiger partial charge in [0.05, 0.1) is 16.7 Å². The van der Waals surface area contributed by atoms with Crippen molar-refractivity contribution in [3.8, 4) is 0 Å². The first-order chi connectivity index (χ1) is 10.5. The number of hydrogen-bond donors (Lipinski definition) is 0. The molecule has 0 aliphatic carbocycles. The molecule has 118 valence electrons. The molecule has 0 spiro atoms. The third-order valence-corrected chi connectivity index (χ3v) is 5.77. The number of nitrogens with zero attached hydrogens (tertiary/aromatic N) is 4. The number of rotatable bonds is 3. The summed E-state index contributed by atoms with van der Waals surface area (Å²) in [5.41, 5.74) is 0.550. The van der Waals surface area contributed by atoms with Crippen molar-refractivity contribution in [3.05, 3.63) is 30.3 Å². The Morgan fingerprint density at radius 2 is 1.91 bits per heavy atom. The zero-order valence-electron chi connectivity index (χ0n) is 12.2. The number of halogens is 1. The van der Waals surface area contributed by atoms with Crippen LogP contribution in [0.5, 0.6) is 0 Å². The van der Waals surface area contributed by atoms with Gasteiger partial charge in [0, 0.05) is 26.2 Å². The summed E-state index contributed by atoms with van der Waals surface area (Å²) >= 11 is 0. The van der Waals surface area contributed by atoms with Crippen LogP contribution in [0, 0.1) is 5.82 Å². The van der Waals surface area contributed by atoms with Crippen LogP contribution in [0.15, 0.2) is 24.5 Å². The Bertz CT molecular complexity index is 783. The molecule has 1 aliphatic rings. The zero-order valence-corrected chi connectivity index (χ0v) is 13.1. The first-order valence-electron chi connectivity index (χ1n) is 7.15. The lowest BCUT2D eigenvalue weighted by Crippen LogP contribution is -2.49. The molecule has 0 bridgehead atoms. The van der Waals surface area contributed by atoms with Crippen molar-refractivity contribution >= 4 is 26.7 Å². The van der Waals surface area contributed by atoms with E-state index < -0.39 is 10.0 Å². The van der Waals surface area contributed by atoms with Crippen LogP contribution >= 0.6 is 0 Å². The lowest BCUT2D eigenvalue weighted by molar-refractivity contribution is 0.384. The van der Waals surface area contributed by atoms with Crippen LogP contribution in [0.1, 0.15) is 6.92 Å². The van der Waals surface area contributed by atoms with Crippen LogP contribution in [0.4, 0.5) is 10.2 Å². The van der Waals surface area contributed by atoms with E-state index in [0.717, 1.165) is 0 Å². The van der Waals surface area contributed by atoms with E-state index in [2.05, 4.69) is 9.97 Å². The second-order valence-corrected chi connectivity index (χ2v) is 7.38. The molecule has 0 saturated carbocycles. The first kappa shape index (κ1) is 15.1. The number of fused-ring (bicyclic) bond motifs is 1. The van der Waals surface area contributed by atoms with E-state index in [0.29, 0.717) is 42.9 Å². The van der Waals surface area contributed by atoms with Crippen molar-refractivity contribution in [3.63, 3.8) is 0 Å². The molecule has 2 heterocycles. The summed E-state index contributed by atoms with van der Waals surface area (Å²) in [4.78, 5) is 10.2. The lowest BCUT2D eigenvalue weighted by atomic mass is 10.2. The third kappa shape index (κ3) is 2.64. The van der Waals surface area contributed by atoms with Gasteiger partial charge in [0.1, 0.15) is 18.0 Å². The summed E-state index contributed by atoms with van der Waals surface area (Å²) in [6.45, 7) is 3.38. The molecule has 6 nitrogen and oxygen atoms in total. The van der Waals surface area contributed by atoms with Gasteiger partial charge in [-0.1, -0.05) is 6.07 Å². The van der Waals surface area contributed by atoms with Crippen LogP contribution < -0.4 is 4.90 Å². The predicted molar refractivity (Wildman–Crippen MR) is 82.7 cm³/mol. The molecular weight excluding hydrogens is 307 g/mol. The predicted octanol–water partition coefficient (Wildman–Crippen LogP) is 1.24. The smallest absolute Gasteiger partial charge is 0.213 e. The maximum Gasteiger partial charge on any atom is 0.213 e. The highest BCUT2D eigenvalue weighted by molar-refractivity contribution is 7.89. The molecule has 8 heteroatoms. The van der Waals surface area contributed by atoms with Gasteiger partial charge in [0.2, 0.25) is 10.0 Å². The second-order valence-electron chi connectivity index (χ2n) is 5.12. The van der Waals surface area contributed by atoms with Crippen LogP contribution in [-0.2, 0) is 10.0 Å². The van der Waals surface area contributed by atoms with Gasteiger partial charge in [0.25, 0.3) is 0 Å². The van der Waals surface area contributed by atoms with Gasteiger partial charge in [-0.3, -0.25) is 0 Å². The Morgan fingerprint density at radius 1 is 1.18 bits per heavy atom. The van der Waals surface area contributed by atoms with Crippen LogP contribution in [0.2, 0.25) is 0 Å². The number of hydrogen-bond acceptors (Lipinski definition) is 5. The molecule has 1 aliphatic heterocycles. The summed E-state index contributed by atoms with van der Waals surface area (Å²) in [5, 5.41) is 0.386. The van der Waals surface area contributed by atoms with Gasteiger partial charge in [-0.15, -0.1) is 0 Å². The monoisotopic (exact) mass is 324 g/mol. The van der Waals surface area contributed by atoms with E-state index in [-0.39, 0.29) is 11.6 Å². The molecule has 0 N–H and O–H groups in total. The molecule has 1 fully saturated rings. The fraction of sp³-hybridized carbons (Fsp3) is 0.429. The third-order valence-electron chi connectivity index (χ3n) is 3.89. The average Bonchev–Trinajstić information content (AvgIpc) is 2.55. The molecule has 22 heavy (non-hydrogen) atoms. The van der Waals surface area contributed by atoms with Crippen molar-refractivity contribution in [2.24, 2.45) is 0 Å². The van der Waals surface area contributed by atoms with E-state index >= 15 is 0 Å². The largest absolute Gasteiger partial charge is 0.353 e. The molecule has 1 aromatic carbocycles. The molecule has 1 saturated heterocycles. The minimum absolute atomic E-state index is 0.0953. The fourth-order valence-electron chi connectivity index (χ4n) is 2.65. The second kappa shape index (κ2) is 5.77. The number of anilines is 1. The van der Waals surface area contributed by atoms with Crippen molar-refractivity contribution in [1.29, 1.82) is 0 Å². The van der Waals surface area contributed by atoms with Crippen molar-refractivity contribution < 1.29 is 12.8 Å². The summed E-state index contributed by atoms with van der Waals surface area (Å²) in [5.74, 6) is 0.256. The van der Waals surface area contributed by atoms with E-state index in [1.165, 1.54) is 16.7 Å². The first-order valence-corrected chi connectivity index (χ1v) is 8.76. The van der Waals surface area contributed by atoms with Gasteiger partial charge in [0.15, 0.2) is 0 Å². The highest BCUT2D eigenvalue weighted by Crippen LogP contribution is 2.26. The molecule has 1 aromatic heterocycles. The standard InChI is InChI=1S/C14H17FN4O2S/c1-2-22(20,21)19-8-6-18(7-9-19)14-13-11(15)4-3-5-12(13)16-10-17-14/h3-5,10H,2,6-9H2,1H3. The van der Waals surface area contributed by atoms with Crippen LogP contribution in [-0.4, -0.2) is 54.6 Å². The minimum atomic E-state index is -3.18. The van der Waals surface area contributed by atoms with E-state index in [9.17, 15) is 12.8 Å². The maximum atomic E-state index is 14.1. The highest BCUT2D eigenvalue weighted by Gasteiger charge is 2.27.